The molecule has 0 atom stereocenters. The zero-order chi connectivity index (χ0) is 24.5. The standard InChI is InChI=1S/C25H25Cl2IN2O4/c1-4-33-24-11-17(14-30-29-13-16-5-8-22(31-2)23(10-16)32-3)9-21(28)25(24)34-15-18-6-7-19(26)12-20(18)27/h5-12,14,29H,4,13,15H2,1-3H3/b30-14+. The highest BCUT2D eigenvalue weighted by Crippen LogP contribution is 2.35. The van der Waals surface area contributed by atoms with Gasteiger partial charge in [0, 0.05) is 15.6 Å². The first-order valence-corrected chi connectivity index (χ1v) is 12.3. The van der Waals surface area contributed by atoms with Gasteiger partial charge in [-0.15, -0.1) is 0 Å². The highest BCUT2D eigenvalue weighted by atomic mass is 127. The number of hydrogen-bond donors (Lipinski definition) is 1. The first-order valence-electron chi connectivity index (χ1n) is 10.4. The average Bonchev–Trinajstić information content (AvgIpc) is 2.82. The third-order valence-corrected chi connectivity index (χ3v) is 6.14. The number of benzene rings is 3. The largest absolute Gasteiger partial charge is 0.493 e. The van der Waals surface area contributed by atoms with Crippen molar-refractivity contribution in [2.45, 2.75) is 20.1 Å². The van der Waals surface area contributed by atoms with E-state index in [4.69, 9.17) is 42.1 Å². The van der Waals surface area contributed by atoms with Gasteiger partial charge >= 0.3 is 0 Å². The second-order valence-electron chi connectivity index (χ2n) is 7.07. The van der Waals surface area contributed by atoms with E-state index in [0.717, 1.165) is 20.3 Å². The summed E-state index contributed by atoms with van der Waals surface area (Å²) in [7, 11) is 3.23. The molecule has 3 aromatic carbocycles. The van der Waals surface area contributed by atoms with Crippen molar-refractivity contribution in [2.24, 2.45) is 5.10 Å². The normalized spacial score (nSPS) is 10.9. The van der Waals surface area contributed by atoms with E-state index in [9.17, 15) is 0 Å². The maximum absolute atomic E-state index is 6.27. The summed E-state index contributed by atoms with van der Waals surface area (Å²) >= 11 is 14.5. The molecule has 0 aliphatic heterocycles. The molecule has 0 aliphatic carbocycles. The lowest BCUT2D eigenvalue weighted by molar-refractivity contribution is 0.267. The van der Waals surface area contributed by atoms with E-state index in [1.165, 1.54) is 0 Å². The second kappa shape index (κ2) is 12.9. The van der Waals surface area contributed by atoms with Gasteiger partial charge in [-0.05, 0) is 77.0 Å². The highest BCUT2D eigenvalue weighted by Gasteiger charge is 2.13. The molecule has 0 saturated carbocycles. The van der Waals surface area contributed by atoms with Gasteiger partial charge in [0.25, 0.3) is 0 Å². The molecule has 0 fully saturated rings. The van der Waals surface area contributed by atoms with Crippen LogP contribution in [0.2, 0.25) is 10.0 Å². The van der Waals surface area contributed by atoms with Crippen molar-refractivity contribution in [1.29, 1.82) is 0 Å². The summed E-state index contributed by atoms with van der Waals surface area (Å²) in [5.74, 6) is 2.66. The van der Waals surface area contributed by atoms with Crippen molar-refractivity contribution in [3.63, 3.8) is 0 Å². The van der Waals surface area contributed by atoms with Crippen LogP contribution in [0.25, 0.3) is 0 Å². The predicted molar refractivity (Wildman–Crippen MR) is 145 cm³/mol. The van der Waals surface area contributed by atoms with Gasteiger partial charge in [0.15, 0.2) is 23.0 Å². The fourth-order valence-electron chi connectivity index (χ4n) is 3.10. The number of nitrogens with one attached hydrogen (secondary N) is 1. The molecule has 6 nitrogen and oxygen atoms in total. The van der Waals surface area contributed by atoms with E-state index in [0.29, 0.717) is 52.8 Å². The zero-order valence-electron chi connectivity index (χ0n) is 19.0. The van der Waals surface area contributed by atoms with Crippen molar-refractivity contribution in [1.82, 2.24) is 5.43 Å². The molecule has 0 heterocycles. The molecule has 34 heavy (non-hydrogen) atoms. The Hall–Kier alpha value is -2.36. The monoisotopic (exact) mass is 614 g/mol. The van der Waals surface area contributed by atoms with E-state index in [1.54, 1.807) is 32.6 Å². The molecule has 0 aromatic heterocycles. The van der Waals surface area contributed by atoms with Gasteiger partial charge < -0.3 is 24.4 Å². The van der Waals surface area contributed by atoms with Crippen LogP contribution < -0.4 is 24.4 Å². The smallest absolute Gasteiger partial charge is 0.175 e. The van der Waals surface area contributed by atoms with Crippen LogP contribution in [0.3, 0.4) is 0 Å². The summed E-state index contributed by atoms with van der Waals surface area (Å²) < 4.78 is 23.4. The maximum Gasteiger partial charge on any atom is 0.175 e. The molecular weight excluding hydrogens is 590 g/mol. The van der Waals surface area contributed by atoms with Gasteiger partial charge in [0.1, 0.15) is 6.61 Å². The summed E-state index contributed by atoms with van der Waals surface area (Å²) in [5, 5.41) is 5.49. The molecule has 0 radical (unpaired) electrons. The van der Waals surface area contributed by atoms with Crippen molar-refractivity contribution in [2.75, 3.05) is 20.8 Å². The Kier molecular flexibility index (Phi) is 9.98. The summed E-state index contributed by atoms with van der Waals surface area (Å²) in [6.07, 6.45) is 1.74. The van der Waals surface area contributed by atoms with E-state index in [2.05, 4.69) is 33.1 Å². The number of hydrazone groups is 1. The first kappa shape index (κ1) is 26.2. The fraction of sp³-hybridized carbons (Fsp3) is 0.240. The van der Waals surface area contributed by atoms with Gasteiger partial charge in [-0.25, -0.2) is 0 Å². The average molecular weight is 615 g/mol. The van der Waals surface area contributed by atoms with E-state index >= 15 is 0 Å². The third kappa shape index (κ3) is 7.07. The Labute approximate surface area is 223 Å². The van der Waals surface area contributed by atoms with Crippen molar-refractivity contribution in [3.05, 3.63) is 78.8 Å². The van der Waals surface area contributed by atoms with Gasteiger partial charge in [-0.3, -0.25) is 0 Å². The van der Waals surface area contributed by atoms with Crippen LogP contribution in [0.5, 0.6) is 23.0 Å². The number of ether oxygens (including phenoxy) is 4. The minimum Gasteiger partial charge on any atom is -0.493 e. The fourth-order valence-corrected chi connectivity index (χ4v) is 4.35. The molecule has 0 amide bonds. The lowest BCUT2D eigenvalue weighted by Crippen LogP contribution is -2.06. The second-order valence-corrected chi connectivity index (χ2v) is 9.08. The molecule has 0 aliphatic rings. The maximum atomic E-state index is 6.27. The van der Waals surface area contributed by atoms with Crippen molar-refractivity contribution >= 4 is 52.0 Å². The number of nitrogens with zero attached hydrogens (tertiary/aromatic N) is 1. The van der Waals surface area contributed by atoms with Crippen molar-refractivity contribution in [3.8, 4) is 23.0 Å². The van der Waals surface area contributed by atoms with Gasteiger partial charge in [0.2, 0.25) is 0 Å². The molecule has 180 valence electrons. The molecule has 0 spiro atoms. The number of hydrogen-bond acceptors (Lipinski definition) is 6. The Morgan fingerprint density at radius 2 is 1.74 bits per heavy atom. The molecule has 3 rings (SSSR count). The van der Waals surface area contributed by atoms with E-state index < -0.39 is 0 Å². The van der Waals surface area contributed by atoms with Crippen LogP contribution in [0.4, 0.5) is 0 Å². The van der Waals surface area contributed by atoms with Crippen LogP contribution >= 0.6 is 45.8 Å². The van der Waals surface area contributed by atoms with Gasteiger partial charge in [0.05, 0.1) is 37.2 Å². The van der Waals surface area contributed by atoms with E-state index in [1.807, 2.05) is 43.3 Å². The Morgan fingerprint density at radius 1 is 0.941 bits per heavy atom. The summed E-state index contributed by atoms with van der Waals surface area (Å²) in [6, 6.07) is 14.9. The first-order chi connectivity index (χ1) is 16.4. The Balaban J connectivity index is 1.68. The topological polar surface area (TPSA) is 61.3 Å². The number of rotatable bonds is 11. The lowest BCUT2D eigenvalue weighted by Gasteiger charge is -2.15. The van der Waals surface area contributed by atoms with Crippen LogP contribution in [0, 0.1) is 3.57 Å². The Morgan fingerprint density at radius 3 is 2.44 bits per heavy atom. The lowest BCUT2D eigenvalue weighted by atomic mass is 10.2. The SMILES string of the molecule is CCOc1cc(/C=N/NCc2ccc(OC)c(OC)c2)cc(I)c1OCc1ccc(Cl)cc1Cl. The molecular formula is C25H25Cl2IN2O4. The van der Waals surface area contributed by atoms with Gasteiger partial charge in [-0.1, -0.05) is 35.3 Å². The molecule has 9 heteroatoms. The molecule has 1 N–H and O–H groups in total. The molecule has 3 aromatic rings. The number of halogens is 3. The van der Waals surface area contributed by atoms with Crippen molar-refractivity contribution < 1.29 is 18.9 Å². The number of methoxy groups -OCH3 is 2. The summed E-state index contributed by atoms with van der Waals surface area (Å²) in [4.78, 5) is 0. The van der Waals surface area contributed by atoms with Crippen LogP contribution in [-0.4, -0.2) is 27.0 Å². The summed E-state index contributed by atoms with van der Waals surface area (Å²) in [5.41, 5.74) is 5.79. The highest BCUT2D eigenvalue weighted by molar-refractivity contribution is 14.1. The molecule has 0 unspecified atom stereocenters. The quantitative estimate of drug-likeness (QED) is 0.148. The van der Waals surface area contributed by atoms with Crippen LogP contribution in [0.1, 0.15) is 23.6 Å². The zero-order valence-corrected chi connectivity index (χ0v) is 22.7. The van der Waals surface area contributed by atoms with Gasteiger partial charge in [-0.2, -0.15) is 5.10 Å². The predicted octanol–water partition coefficient (Wildman–Crippen LogP) is 6.72. The third-order valence-electron chi connectivity index (χ3n) is 4.75. The van der Waals surface area contributed by atoms with E-state index in [-0.39, 0.29) is 0 Å². The molecule has 0 bridgehead atoms. The minimum atomic E-state index is 0.298. The van der Waals surface area contributed by atoms with Crippen LogP contribution in [-0.2, 0) is 13.2 Å². The summed E-state index contributed by atoms with van der Waals surface area (Å²) in [6.45, 7) is 3.27. The Bertz CT molecular complexity index is 1160. The van der Waals surface area contributed by atoms with Crippen LogP contribution in [0.15, 0.2) is 53.6 Å². The minimum absolute atomic E-state index is 0.298. The molecule has 0 saturated heterocycles.